The van der Waals surface area contributed by atoms with Crippen molar-refractivity contribution < 1.29 is 9.59 Å². The second-order valence-electron chi connectivity index (χ2n) is 7.83. The molecule has 1 aliphatic rings. The highest BCUT2D eigenvalue weighted by Crippen LogP contribution is 2.26. The number of aliphatic imine (C=N–C) groups is 2. The predicted molar refractivity (Wildman–Crippen MR) is 131 cm³/mol. The lowest BCUT2D eigenvalue weighted by atomic mass is 9.92. The number of benzene rings is 2. The number of H-pyrrole nitrogens is 2. The number of Topliss-reactive ketones (excluding diaryl/α,β-unsaturated/α-hetero) is 2. The topological polar surface area (TPSA) is 134 Å². The van der Waals surface area contributed by atoms with E-state index in [-0.39, 0.29) is 22.8 Å². The van der Waals surface area contributed by atoms with Gasteiger partial charge in [0.05, 0.1) is 33.4 Å². The third-order valence-corrected chi connectivity index (χ3v) is 6.53. The average Bonchev–Trinajstić information content (AvgIpc) is 3.26. The van der Waals surface area contributed by atoms with Gasteiger partial charge in [0, 0.05) is 14.1 Å². The van der Waals surface area contributed by atoms with Crippen molar-refractivity contribution in [2.45, 2.75) is 10.8 Å². The summed E-state index contributed by atoms with van der Waals surface area (Å²) < 4.78 is 2.87. The molecule has 2 aromatic heterocycles. The third kappa shape index (κ3) is 3.42. The van der Waals surface area contributed by atoms with Crippen molar-refractivity contribution >= 4 is 79.6 Å². The molecule has 2 aromatic carbocycles. The van der Waals surface area contributed by atoms with Crippen LogP contribution in [0.1, 0.15) is 0 Å². The standard InChI is InChI=1S/C22H16Cl2N6O4/c1-29-13-5-3-9(7-11(13)27-21(29)33)25-17-15(23)20(32)18(16(24)19(17)31)26-10-4-6-14-12(8-10)28-22(34)30(14)2/h3-8,15-16H,1-2H3,(H,27,33)(H,28,34). The van der Waals surface area contributed by atoms with Crippen molar-refractivity contribution in [3.05, 3.63) is 57.4 Å². The largest absolute Gasteiger partial charge is 0.326 e. The van der Waals surface area contributed by atoms with Gasteiger partial charge in [-0.3, -0.25) is 18.7 Å². The van der Waals surface area contributed by atoms with Gasteiger partial charge in [-0.25, -0.2) is 19.6 Å². The third-order valence-electron chi connectivity index (χ3n) is 5.72. The van der Waals surface area contributed by atoms with E-state index in [1.54, 1.807) is 50.5 Å². The molecule has 34 heavy (non-hydrogen) atoms. The Morgan fingerprint density at radius 1 is 0.706 bits per heavy atom. The number of alkyl halides is 2. The lowest BCUT2D eigenvalue weighted by Crippen LogP contribution is -2.50. The lowest BCUT2D eigenvalue weighted by Gasteiger charge is -2.22. The van der Waals surface area contributed by atoms with Crippen LogP contribution in [0.4, 0.5) is 11.4 Å². The van der Waals surface area contributed by atoms with Gasteiger partial charge in [0.1, 0.15) is 22.2 Å². The smallest absolute Gasteiger partial charge is 0.305 e. The number of aryl methyl sites for hydroxylation is 2. The highest BCUT2D eigenvalue weighted by Gasteiger charge is 2.44. The van der Waals surface area contributed by atoms with Gasteiger partial charge in [-0.1, -0.05) is 0 Å². The van der Waals surface area contributed by atoms with Crippen LogP contribution in [0.25, 0.3) is 22.1 Å². The Morgan fingerprint density at radius 2 is 1.09 bits per heavy atom. The molecule has 0 radical (unpaired) electrons. The summed E-state index contributed by atoms with van der Waals surface area (Å²) >= 11 is 12.6. The van der Waals surface area contributed by atoms with Gasteiger partial charge in [0.25, 0.3) is 0 Å². The van der Waals surface area contributed by atoms with E-state index in [1.807, 2.05) is 0 Å². The van der Waals surface area contributed by atoms with Gasteiger partial charge in [-0.05, 0) is 36.4 Å². The number of halogens is 2. The molecule has 2 heterocycles. The molecule has 2 atom stereocenters. The summed E-state index contributed by atoms with van der Waals surface area (Å²) in [7, 11) is 3.24. The molecule has 5 rings (SSSR count). The van der Waals surface area contributed by atoms with Crippen LogP contribution in [-0.2, 0) is 23.7 Å². The predicted octanol–water partition coefficient (Wildman–Crippen LogP) is 2.26. The number of aromatic amines is 2. The maximum absolute atomic E-state index is 13.0. The summed E-state index contributed by atoms with van der Waals surface area (Å²) in [6, 6.07) is 9.70. The van der Waals surface area contributed by atoms with E-state index in [1.165, 1.54) is 9.13 Å². The highest BCUT2D eigenvalue weighted by atomic mass is 35.5. The number of nitrogens with zero attached hydrogens (tertiary/aromatic N) is 4. The van der Waals surface area contributed by atoms with Crippen LogP contribution >= 0.6 is 23.2 Å². The number of carbonyl (C=O) groups is 2. The zero-order chi connectivity index (χ0) is 24.3. The summed E-state index contributed by atoms with van der Waals surface area (Å²) in [5, 5.41) is -2.76. The van der Waals surface area contributed by atoms with Gasteiger partial charge in [0.15, 0.2) is 0 Å². The van der Waals surface area contributed by atoms with E-state index < -0.39 is 22.3 Å². The van der Waals surface area contributed by atoms with E-state index >= 15 is 0 Å². The first-order valence-corrected chi connectivity index (χ1v) is 10.9. The molecule has 10 nitrogen and oxygen atoms in total. The Morgan fingerprint density at radius 3 is 1.47 bits per heavy atom. The molecule has 1 saturated carbocycles. The van der Waals surface area contributed by atoms with Gasteiger partial charge in [-0.2, -0.15) is 0 Å². The number of hydrogen-bond donors (Lipinski definition) is 2. The van der Waals surface area contributed by atoms with Gasteiger partial charge < -0.3 is 9.97 Å². The maximum Gasteiger partial charge on any atom is 0.326 e. The van der Waals surface area contributed by atoms with E-state index in [0.29, 0.717) is 33.4 Å². The van der Waals surface area contributed by atoms with Crippen LogP contribution in [0.5, 0.6) is 0 Å². The van der Waals surface area contributed by atoms with E-state index in [4.69, 9.17) is 23.2 Å². The number of ketones is 2. The number of hydrogen-bond acceptors (Lipinski definition) is 6. The fourth-order valence-corrected chi connectivity index (χ4v) is 4.39. The summed E-state index contributed by atoms with van der Waals surface area (Å²) in [5.74, 6) is -1.29. The van der Waals surface area contributed by atoms with Crippen LogP contribution in [0.2, 0.25) is 0 Å². The first kappa shape index (κ1) is 22.1. The quantitative estimate of drug-likeness (QED) is 0.409. The van der Waals surface area contributed by atoms with Crippen molar-refractivity contribution in [1.82, 2.24) is 19.1 Å². The summed E-state index contributed by atoms with van der Waals surface area (Å²) in [5.41, 5.74) is 2.03. The summed E-state index contributed by atoms with van der Waals surface area (Å²) in [4.78, 5) is 63.5. The maximum atomic E-state index is 13.0. The molecule has 0 spiro atoms. The van der Waals surface area contributed by atoms with Crippen LogP contribution in [-0.4, -0.2) is 52.8 Å². The minimum Gasteiger partial charge on any atom is -0.305 e. The molecular formula is C22H16Cl2N6O4. The Balaban J connectivity index is 1.51. The Hall–Kier alpha value is -3.76. The first-order chi connectivity index (χ1) is 16.2. The molecule has 4 aromatic rings. The minimum atomic E-state index is -1.38. The lowest BCUT2D eigenvalue weighted by molar-refractivity contribution is -0.116. The van der Waals surface area contributed by atoms with Crippen molar-refractivity contribution in [3.8, 4) is 0 Å². The first-order valence-electron chi connectivity index (χ1n) is 10.1. The molecule has 1 aliphatic carbocycles. The Bertz CT molecular complexity index is 1580. The summed E-state index contributed by atoms with van der Waals surface area (Å²) in [6.07, 6.45) is 0. The molecule has 0 saturated heterocycles. The molecule has 0 amide bonds. The fourth-order valence-electron chi connectivity index (χ4n) is 3.85. The van der Waals surface area contributed by atoms with Crippen LogP contribution in [0, 0.1) is 0 Å². The second-order valence-corrected chi connectivity index (χ2v) is 8.70. The fraction of sp³-hybridized carbons (Fsp3) is 0.182. The Kier molecular flexibility index (Phi) is 5.14. The number of nitrogens with one attached hydrogen (secondary N) is 2. The van der Waals surface area contributed by atoms with E-state index in [2.05, 4.69) is 20.0 Å². The second kappa shape index (κ2) is 7.93. The van der Waals surface area contributed by atoms with Crippen molar-refractivity contribution in [2.75, 3.05) is 0 Å². The Labute approximate surface area is 200 Å². The zero-order valence-corrected chi connectivity index (χ0v) is 19.3. The molecule has 0 aliphatic heterocycles. The van der Waals surface area contributed by atoms with Crippen molar-refractivity contribution in [1.29, 1.82) is 0 Å². The number of imidazole rings is 2. The molecule has 0 bridgehead atoms. The molecule has 172 valence electrons. The molecule has 2 unspecified atom stereocenters. The molecule has 1 fully saturated rings. The van der Waals surface area contributed by atoms with Gasteiger partial charge in [0.2, 0.25) is 11.6 Å². The summed E-state index contributed by atoms with van der Waals surface area (Å²) in [6.45, 7) is 0. The van der Waals surface area contributed by atoms with Gasteiger partial charge in [-0.15, -0.1) is 23.2 Å². The van der Waals surface area contributed by atoms with E-state index in [9.17, 15) is 19.2 Å². The molecule has 2 N–H and O–H groups in total. The van der Waals surface area contributed by atoms with Gasteiger partial charge >= 0.3 is 11.4 Å². The normalized spacial score (nSPS) is 21.4. The van der Waals surface area contributed by atoms with E-state index in [0.717, 1.165) is 0 Å². The zero-order valence-electron chi connectivity index (χ0n) is 17.8. The number of aromatic nitrogens is 4. The molecule has 12 heteroatoms. The highest BCUT2D eigenvalue weighted by molar-refractivity contribution is 6.79. The number of rotatable bonds is 2. The number of carbonyl (C=O) groups excluding carboxylic acids is 2. The monoisotopic (exact) mass is 498 g/mol. The van der Waals surface area contributed by atoms with Crippen molar-refractivity contribution in [3.63, 3.8) is 0 Å². The number of fused-ring (bicyclic) bond motifs is 2. The average molecular weight is 499 g/mol. The minimum absolute atomic E-state index is 0.203. The van der Waals surface area contributed by atoms with Crippen LogP contribution in [0.15, 0.2) is 56.0 Å². The molecular weight excluding hydrogens is 483 g/mol. The van der Waals surface area contributed by atoms with Crippen molar-refractivity contribution in [2.24, 2.45) is 24.1 Å². The SMILES string of the molecule is Cn1c(=O)[nH]c2cc(N=C3C(=O)C(Cl)C(=Nc4ccc5c(c4)[nH]c(=O)n5C)C(=O)C3Cl)ccc21. The van der Waals surface area contributed by atoms with Crippen LogP contribution in [0.3, 0.4) is 0 Å². The van der Waals surface area contributed by atoms with Crippen LogP contribution < -0.4 is 11.4 Å².